The molecule has 1 amide bonds. The zero-order valence-corrected chi connectivity index (χ0v) is 17.5. The normalized spacial score (nSPS) is 13.5. The first-order chi connectivity index (χ1) is 13.7. The van der Waals surface area contributed by atoms with Crippen LogP contribution in [0.3, 0.4) is 0 Å². The molecule has 1 aromatic carbocycles. The third-order valence-corrected chi connectivity index (χ3v) is 6.44. The second-order valence-electron chi connectivity index (χ2n) is 6.68. The topological polar surface area (TPSA) is 60.2 Å². The minimum Gasteiger partial charge on any atom is -0.497 e. The number of benzene rings is 1. The second-order valence-corrected chi connectivity index (χ2v) is 8.65. The van der Waals surface area contributed by atoms with Gasteiger partial charge in [-0.05, 0) is 55.5 Å². The Morgan fingerprint density at radius 2 is 2.07 bits per heavy atom. The first kappa shape index (κ1) is 19.0. The number of hydrogen-bond acceptors (Lipinski definition) is 6. The fourth-order valence-electron chi connectivity index (χ4n) is 3.05. The molecular formula is C20H22N4O2S2. The summed E-state index contributed by atoms with van der Waals surface area (Å²) >= 11 is 3.12. The Labute approximate surface area is 172 Å². The van der Waals surface area contributed by atoms with E-state index >= 15 is 0 Å². The molecule has 0 N–H and O–H groups in total. The van der Waals surface area contributed by atoms with Crippen molar-refractivity contribution in [3.63, 3.8) is 0 Å². The van der Waals surface area contributed by atoms with E-state index in [-0.39, 0.29) is 5.91 Å². The van der Waals surface area contributed by atoms with Gasteiger partial charge in [0.25, 0.3) is 0 Å². The number of aryl methyl sites for hydroxylation is 1. The van der Waals surface area contributed by atoms with Gasteiger partial charge in [-0.1, -0.05) is 17.8 Å². The molecule has 1 saturated carbocycles. The van der Waals surface area contributed by atoms with Crippen molar-refractivity contribution >= 4 is 34.7 Å². The summed E-state index contributed by atoms with van der Waals surface area (Å²) in [4.78, 5) is 16.1. The lowest BCUT2D eigenvalue weighted by atomic mass is 10.2. The predicted octanol–water partition coefficient (Wildman–Crippen LogP) is 4.32. The number of aromatic nitrogens is 3. The summed E-state index contributed by atoms with van der Waals surface area (Å²) in [5.74, 6) is 2.06. The Hall–Kier alpha value is -2.32. The third kappa shape index (κ3) is 4.23. The number of carbonyl (C=O) groups excluding carboxylic acids is 1. The lowest BCUT2D eigenvalue weighted by Crippen LogP contribution is -2.31. The lowest BCUT2D eigenvalue weighted by Gasteiger charge is -2.22. The average Bonchev–Trinajstić information content (AvgIpc) is 3.28. The molecule has 6 nitrogen and oxygen atoms in total. The molecule has 1 fully saturated rings. The van der Waals surface area contributed by atoms with E-state index in [1.54, 1.807) is 18.4 Å². The summed E-state index contributed by atoms with van der Waals surface area (Å²) in [6.45, 7) is 2.52. The number of methoxy groups -OCH3 is 1. The number of ether oxygens (including phenoxy) is 1. The number of amides is 1. The van der Waals surface area contributed by atoms with Crippen LogP contribution in [0.4, 0.5) is 5.69 Å². The highest BCUT2D eigenvalue weighted by molar-refractivity contribution is 7.99. The first-order valence-corrected chi connectivity index (χ1v) is 11.0. The Kier molecular flexibility index (Phi) is 5.68. The molecule has 1 aliphatic rings. The average molecular weight is 415 g/mol. The molecule has 0 radical (unpaired) electrons. The minimum atomic E-state index is 0.0477. The monoisotopic (exact) mass is 414 g/mol. The first-order valence-electron chi connectivity index (χ1n) is 9.17. The zero-order valence-electron chi connectivity index (χ0n) is 15.9. The van der Waals surface area contributed by atoms with E-state index in [2.05, 4.69) is 20.8 Å². The second kappa shape index (κ2) is 8.36. The molecular weight excluding hydrogens is 392 g/mol. The Morgan fingerprint density at radius 3 is 2.71 bits per heavy atom. The number of rotatable bonds is 8. The smallest absolute Gasteiger partial charge is 0.237 e. The summed E-state index contributed by atoms with van der Waals surface area (Å²) in [5.41, 5.74) is 0.861. The van der Waals surface area contributed by atoms with Crippen molar-refractivity contribution in [3.05, 3.63) is 52.5 Å². The number of hydrogen-bond donors (Lipinski definition) is 0. The standard InChI is InChI=1S/C20H22N4O2S2/c1-14-21-22-20(24(14)16-5-6-16)28-13-19(25)23(12-18-4-3-11-27-18)15-7-9-17(26-2)10-8-15/h3-4,7-11,16H,5-6,12-13H2,1-2H3. The predicted molar refractivity (Wildman–Crippen MR) is 112 cm³/mol. The minimum absolute atomic E-state index is 0.0477. The van der Waals surface area contributed by atoms with Crippen LogP contribution < -0.4 is 9.64 Å². The van der Waals surface area contributed by atoms with Crippen molar-refractivity contribution in [2.45, 2.75) is 37.5 Å². The van der Waals surface area contributed by atoms with Gasteiger partial charge in [-0.25, -0.2) is 0 Å². The summed E-state index contributed by atoms with van der Waals surface area (Å²) < 4.78 is 7.40. The molecule has 28 heavy (non-hydrogen) atoms. The van der Waals surface area contributed by atoms with E-state index in [0.29, 0.717) is 18.3 Å². The number of carbonyl (C=O) groups is 1. The van der Waals surface area contributed by atoms with Crippen LogP contribution in [0.2, 0.25) is 0 Å². The van der Waals surface area contributed by atoms with Crippen LogP contribution in [-0.2, 0) is 11.3 Å². The maximum Gasteiger partial charge on any atom is 0.237 e. The van der Waals surface area contributed by atoms with Gasteiger partial charge >= 0.3 is 0 Å². The third-order valence-electron chi connectivity index (χ3n) is 4.65. The van der Waals surface area contributed by atoms with Crippen LogP contribution in [0.1, 0.15) is 29.6 Å². The Balaban J connectivity index is 1.51. The molecule has 0 aliphatic heterocycles. The van der Waals surface area contributed by atoms with Crippen molar-refractivity contribution in [2.75, 3.05) is 17.8 Å². The van der Waals surface area contributed by atoms with Crippen molar-refractivity contribution in [1.29, 1.82) is 0 Å². The van der Waals surface area contributed by atoms with Gasteiger partial charge in [0.2, 0.25) is 5.91 Å². The van der Waals surface area contributed by atoms with Crippen molar-refractivity contribution in [3.8, 4) is 5.75 Å². The number of anilines is 1. The van der Waals surface area contributed by atoms with E-state index in [0.717, 1.165) is 40.1 Å². The summed E-state index contributed by atoms with van der Waals surface area (Å²) in [5, 5.41) is 11.3. The lowest BCUT2D eigenvalue weighted by molar-refractivity contribution is -0.116. The molecule has 2 aromatic heterocycles. The fourth-order valence-corrected chi connectivity index (χ4v) is 4.67. The molecule has 146 valence electrons. The van der Waals surface area contributed by atoms with Gasteiger partial charge in [0.1, 0.15) is 11.6 Å². The van der Waals surface area contributed by atoms with Gasteiger partial charge in [0.05, 0.1) is 19.4 Å². The van der Waals surface area contributed by atoms with Crippen LogP contribution in [0.25, 0.3) is 0 Å². The van der Waals surface area contributed by atoms with Crippen LogP contribution in [0, 0.1) is 6.92 Å². The van der Waals surface area contributed by atoms with Gasteiger partial charge < -0.3 is 14.2 Å². The van der Waals surface area contributed by atoms with E-state index in [9.17, 15) is 4.79 Å². The van der Waals surface area contributed by atoms with E-state index < -0.39 is 0 Å². The van der Waals surface area contributed by atoms with Crippen molar-refractivity contribution < 1.29 is 9.53 Å². The maximum absolute atomic E-state index is 13.1. The molecule has 0 spiro atoms. The fraction of sp³-hybridized carbons (Fsp3) is 0.350. The quantitative estimate of drug-likeness (QED) is 0.514. The van der Waals surface area contributed by atoms with Crippen molar-refractivity contribution in [2.24, 2.45) is 0 Å². The zero-order chi connectivity index (χ0) is 19.5. The molecule has 1 aliphatic carbocycles. The van der Waals surface area contributed by atoms with E-state index in [4.69, 9.17) is 4.74 Å². The highest BCUT2D eigenvalue weighted by Crippen LogP contribution is 2.38. The maximum atomic E-state index is 13.1. The molecule has 3 aromatic rings. The van der Waals surface area contributed by atoms with E-state index in [1.165, 1.54) is 11.8 Å². The number of nitrogens with zero attached hydrogens (tertiary/aromatic N) is 4. The molecule has 0 unspecified atom stereocenters. The van der Waals surface area contributed by atoms with Gasteiger partial charge in [-0.15, -0.1) is 21.5 Å². The van der Waals surface area contributed by atoms with E-state index in [1.807, 2.05) is 47.5 Å². The molecule has 0 saturated heterocycles. The SMILES string of the molecule is COc1ccc(N(Cc2cccs2)C(=O)CSc2nnc(C)n2C2CC2)cc1. The Bertz CT molecular complexity index is 934. The molecule has 0 bridgehead atoms. The summed E-state index contributed by atoms with van der Waals surface area (Å²) in [6.07, 6.45) is 2.33. The molecule has 2 heterocycles. The van der Waals surface area contributed by atoms with Gasteiger partial charge in [0, 0.05) is 16.6 Å². The molecule has 4 rings (SSSR count). The largest absolute Gasteiger partial charge is 0.497 e. The van der Waals surface area contributed by atoms with Crippen LogP contribution >= 0.6 is 23.1 Å². The number of thiophene rings is 1. The van der Waals surface area contributed by atoms with Crippen LogP contribution in [0.5, 0.6) is 5.75 Å². The Morgan fingerprint density at radius 1 is 1.29 bits per heavy atom. The summed E-state index contributed by atoms with van der Waals surface area (Å²) in [7, 11) is 1.64. The summed E-state index contributed by atoms with van der Waals surface area (Å²) in [6, 6.07) is 12.2. The molecule has 0 atom stereocenters. The van der Waals surface area contributed by atoms with Gasteiger partial charge in [0.15, 0.2) is 5.16 Å². The highest BCUT2D eigenvalue weighted by Gasteiger charge is 2.29. The van der Waals surface area contributed by atoms with Gasteiger partial charge in [-0.2, -0.15) is 0 Å². The van der Waals surface area contributed by atoms with Crippen molar-refractivity contribution in [1.82, 2.24) is 14.8 Å². The highest BCUT2D eigenvalue weighted by atomic mass is 32.2. The van der Waals surface area contributed by atoms with Gasteiger partial charge in [-0.3, -0.25) is 4.79 Å². The molecule has 8 heteroatoms. The van der Waals surface area contributed by atoms with Crippen LogP contribution in [0.15, 0.2) is 46.9 Å². The van der Waals surface area contributed by atoms with Crippen LogP contribution in [-0.4, -0.2) is 33.5 Å². The number of thioether (sulfide) groups is 1.